The molecule has 0 saturated carbocycles. The highest BCUT2D eigenvalue weighted by Gasteiger charge is 2.11. The SMILES string of the molecule is Cn1cnc2c(NCc3ccccc3)nc(NCCO)nc21.[HH]. The molecular weight excluding hydrogens is 280 g/mol. The number of aromatic nitrogens is 4. The second-order valence-electron chi connectivity index (χ2n) is 4.91. The Morgan fingerprint density at radius 3 is 2.77 bits per heavy atom. The van der Waals surface area contributed by atoms with E-state index in [1.807, 2.05) is 29.8 Å². The molecule has 0 aliphatic rings. The van der Waals surface area contributed by atoms with Gasteiger partial charge >= 0.3 is 0 Å². The van der Waals surface area contributed by atoms with Gasteiger partial charge < -0.3 is 20.3 Å². The van der Waals surface area contributed by atoms with E-state index in [1.54, 1.807) is 6.33 Å². The highest BCUT2D eigenvalue weighted by molar-refractivity contribution is 5.84. The topological polar surface area (TPSA) is 87.9 Å². The van der Waals surface area contributed by atoms with Crippen LogP contribution in [0.1, 0.15) is 6.99 Å². The number of nitrogens with zero attached hydrogens (tertiary/aromatic N) is 4. The van der Waals surface area contributed by atoms with Crippen molar-refractivity contribution in [2.75, 3.05) is 23.8 Å². The summed E-state index contributed by atoms with van der Waals surface area (Å²) in [6, 6.07) is 10.1. The normalized spacial score (nSPS) is 10.8. The molecular formula is C15H20N6O. The van der Waals surface area contributed by atoms with Crippen LogP contribution in [-0.2, 0) is 13.6 Å². The van der Waals surface area contributed by atoms with Gasteiger partial charge in [-0.2, -0.15) is 9.97 Å². The Bertz CT molecular complexity index is 761. The third-order valence-corrected chi connectivity index (χ3v) is 3.26. The minimum Gasteiger partial charge on any atom is -0.395 e. The Hall–Kier alpha value is -2.67. The van der Waals surface area contributed by atoms with Crippen molar-refractivity contribution >= 4 is 22.9 Å². The molecule has 0 saturated heterocycles. The molecule has 0 fully saturated rings. The van der Waals surface area contributed by atoms with Crippen molar-refractivity contribution in [1.82, 2.24) is 19.5 Å². The minimum atomic E-state index is 0. The van der Waals surface area contributed by atoms with Gasteiger partial charge in [0.05, 0.1) is 12.9 Å². The van der Waals surface area contributed by atoms with Crippen LogP contribution >= 0.6 is 0 Å². The molecule has 116 valence electrons. The van der Waals surface area contributed by atoms with Crippen LogP contribution in [0.4, 0.5) is 11.8 Å². The van der Waals surface area contributed by atoms with Crippen LogP contribution in [0.15, 0.2) is 36.7 Å². The number of aliphatic hydroxyl groups excluding tert-OH is 1. The largest absolute Gasteiger partial charge is 0.395 e. The first-order chi connectivity index (χ1) is 10.8. The number of nitrogens with one attached hydrogen (secondary N) is 2. The smallest absolute Gasteiger partial charge is 0.226 e. The van der Waals surface area contributed by atoms with Gasteiger partial charge in [-0.05, 0) is 5.56 Å². The van der Waals surface area contributed by atoms with Gasteiger partial charge in [0, 0.05) is 21.6 Å². The number of hydrogen-bond donors (Lipinski definition) is 3. The number of anilines is 2. The van der Waals surface area contributed by atoms with Crippen LogP contribution in [-0.4, -0.2) is 37.8 Å². The molecule has 3 rings (SSSR count). The van der Waals surface area contributed by atoms with Crippen LogP contribution in [0.3, 0.4) is 0 Å². The molecule has 0 spiro atoms. The Balaban J connectivity index is 0.00000192. The predicted molar refractivity (Wildman–Crippen MR) is 87.8 cm³/mol. The van der Waals surface area contributed by atoms with Crippen molar-refractivity contribution in [3.8, 4) is 0 Å². The average Bonchev–Trinajstić information content (AvgIpc) is 2.93. The summed E-state index contributed by atoms with van der Waals surface area (Å²) in [7, 11) is 1.89. The number of aryl methyl sites for hydroxylation is 1. The van der Waals surface area contributed by atoms with Gasteiger partial charge in [-0.25, -0.2) is 4.98 Å². The first-order valence-corrected chi connectivity index (χ1v) is 7.09. The van der Waals surface area contributed by atoms with Crippen LogP contribution < -0.4 is 10.6 Å². The molecule has 0 bridgehead atoms. The minimum absolute atomic E-state index is 0. The molecule has 7 heteroatoms. The van der Waals surface area contributed by atoms with Crippen LogP contribution in [0.2, 0.25) is 0 Å². The maximum absolute atomic E-state index is 8.93. The van der Waals surface area contributed by atoms with E-state index >= 15 is 0 Å². The molecule has 0 unspecified atom stereocenters. The van der Waals surface area contributed by atoms with Gasteiger partial charge in [0.25, 0.3) is 0 Å². The third kappa shape index (κ3) is 2.99. The molecule has 0 amide bonds. The van der Waals surface area contributed by atoms with Gasteiger partial charge in [-0.15, -0.1) is 0 Å². The second-order valence-corrected chi connectivity index (χ2v) is 4.91. The summed E-state index contributed by atoms with van der Waals surface area (Å²) in [5.74, 6) is 1.15. The Morgan fingerprint density at radius 1 is 1.18 bits per heavy atom. The lowest BCUT2D eigenvalue weighted by Gasteiger charge is -2.09. The van der Waals surface area contributed by atoms with E-state index in [9.17, 15) is 0 Å². The van der Waals surface area contributed by atoms with E-state index in [0.717, 1.165) is 16.7 Å². The van der Waals surface area contributed by atoms with Gasteiger partial charge in [0.15, 0.2) is 17.0 Å². The summed E-state index contributed by atoms with van der Waals surface area (Å²) in [5.41, 5.74) is 2.63. The lowest BCUT2D eigenvalue weighted by atomic mass is 10.2. The molecule has 0 atom stereocenters. The number of hydrogen-bond acceptors (Lipinski definition) is 6. The first kappa shape index (κ1) is 14.3. The van der Waals surface area contributed by atoms with E-state index in [1.165, 1.54) is 0 Å². The molecule has 1 aromatic carbocycles. The lowest BCUT2D eigenvalue weighted by molar-refractivity contribution is 0.311. The lowest BCUT2D eigenvalue weighted by Crippen LogP contribution is -2.11. The molecule has 0 radical (unpaired) electrons. The van der Waals surface area contributed by atoms with Crippen molar-refractivity contribution in [3.63, 3.8) is 0 Å². The van der Waals surface area contributed by atoms with Crippen molar-refractivity contribution in [2.45, 2.75) is 6.54 Å². The monoisotopic (exact) mass is 300 g/mol. The number of benzene rings is 1. The zero-order chi connectivity index (χ0) is 15.4. The zero-order valence-corrected chi connectivity index (χ0v) is 12.3. The van der Waals surface area contributed by atoms with E-state index in [0.29, 0.717) is 24.9 Å². The van der Waals surface area contributed by atoms with Crippen LogP contribution in [0.25, 0.3) is 11.2 Å². The summed E-state index contributed by atoms with van der Waals surface area (Å²) >= 11 is 0. The van der Waals surface area contributed by atoms with Gasteiger partial charge in [-0.1, -0.05) is 30.3 Å². The van der Waals surface area contributed by atoms with E-state index in [-0.39, 0.29) is 8.03 Å². The molecule has 0 aliphatic carbocycles. The number of fused-ring (bicyclic) bond motifs is 1. The van der Waals surface area contributed by atoms with Crippen molar-refractivity contribution in [3.05, 3.63) is 42.2 Å². The summed E-state index contributed by atoms with van der Waals surface area (Å²) in [6.07, 6.45) is 1.71. The molecule has 0 aliphatic heterocycles. The van der Waals surface area contributed by atoms with Crippen molar-refractivity contribution in [1.29, 1.82) is 0 Å². The van der Waals surface area contributed by atoms with E-state index in [4.69, 9.17) is 5.11 Å². The maximum Gasteiger partial charge on any atom is 0.226 e. The number of rotatable bonds is 6. The zero-order valence-electron chi connectivity index (χ0n) is 12.3. The fourth-order valence-corrected chi connectivity index (χ4v) is 2.16. The van der Waals surface area contributed by atoms with Crippen LogP contribution in [0.5, 0.6) is 0 Å². The standard InChI is InChI=1S/C15H18N6O.H2/c1-21-10-18-12-13(17-9-11-5-3-2-4-6-11)19-15(16-7-8-22)20-14(12)21;/h2-6,10,22H,7-9H2,1H3,(H2,16,17,19,20);1H. The molecule has 7 nitrogen and oxygen atoms in total. The summed E-state index contributed by atoms with van der Waals surface area (Å²) in [4.78, 5) is 13.2. The van der Waals surface area contributed by atoms with Gasteiger partial charge in [-0.3, -0.25) is 0 Å². The van der Waals surface area contributed by atoms with Gasteiger partial charge in [0.2, 0.25) is 5.95 Å². The maximum atomic E-state index is 8.93. The van der Waals surface area contributed by atoms with Crippen molar-refractivity contribution < 1.29 is 6.53 Å². The Kier molecular flexibility index (Phi) is 4.15. The quantitative estimate of drug-likeness (QED) is 0.641. The molecule has 2 heterocycles. The van der Waals surface area contributed by atoms with E-state index in [2.05, 4.69) is 37.7 Å². The fourth-order valence-electron chi connectivity index (χ4n) is 2.16. The van der Waals surface area contributed by atoms with E-state index < -0.39 is 0 Å². The Morgan fingerprint density at radius 2 is 2.00 bits per heavy atom. The first-order valence-electron chi connectivity index (χ1n) is 7.09. The highest BCUT2D eigenvalue weighted by Crippen LogP contribution is 2.20. The molecule has 3 aromatic rings. The Labute approximate surface area is 129 Å². The summed E-state index contributed by atoms with van der Waals surface area (Å²) in [5, 5.41) is 15.2. The summed E-state index contributed by atoms with van der Waals surface area (Å²) < 4.78 is 1.84. The second kappa shape index (κ2) is 6.40. The van der Waals surface area contributed by atoms with Crippen LogP contribution in [0, 0.1) is 0 Å². The molecule has 3 N–H and O–H groups in total. The van der Waals surface area contributed by atoms with Crippen molar-refractivity contribution in [2.24, 2.45) is 7.05 Å². The molecule has 2 aromatic heterocycles. The number of aliphatic hydroxyl groups is 1. The molecule has 22 heavy (non-hydrogen) atoms. The average molecular weight is 300 g/mol. The highest BCUT2D eigenvalue weighted by atomic mass is 16.3. The summed E-state index contributed by atoms with van der Waals surface area (Å²) in [6.45, 7) is 1.09. The third-order valence-electron chi connectivity index (χ3n) is 3.26. The fraction of sp³-hybridized carbons (Fsp3) is 0.267. The number of imidazole rings is 1. The van der Waals surface area contributed by atoms with Gasteiger partial charge in [0.1, 0.15) is 0 Å². The predicted octanol–water partition coefficient (Wildman–Crippen LogP) is 1.63.